The van der Waals surface area contributed by atoms with Crippen molar-refractivity contribution in [2.75, 3.05) is 0 Å². The van der Waals surface area contributed by atoms with E-state index in [0.717, 1.165) is 10.8 Å². The number of nitro groups is 1. The molecule has 23 heavy (non-hydrogen) atoms. The first-order valence-electron chi connectivity index (χ1n) is 7.18. The van der Waals surface area contributed by atoms with Crippen molar-refractivity contribution in [3.63, 3.8) is 0 Å². The fourth-order valence-electron chi connectivity index (χ4n) is 2.66. The summed E-state index contributed by atoms with van der Waals surface area (Å²) in [6.07, 6.45) is 0.640. The number of carbonyl (C=O) groups is 1. The van der Waals surface area contributed by atoms with E-state index in [1.54, 1.807) is 38.1 Å². The van der Waals surface area contributed by atoms with Gasteiger partial charge in [-0.2, -0.15) is 0 Å². The Morgan fingerprint density at radius 2 is 1.43 bits per heavy atom. The van der Waals surface area contributed by atoms with Gasteiger partial charge >= 0.3 is 5.69 Å². The molecule has 5 nitrogen and oxygen atoms in total. The number of nitro benzene ring substituents is 1. The molecule has 3 aromatic rings. The Bertz CT molecular complexity index is 931. The fraction of sp³-hybridized carbons (Fsp3) is 0.167. The van der Waals surface area contributed by atoms with Crippen LogP contribution in [0.3, 0.4) is 0 Å². The molecule has 0 unspecified atom stereocenters. The molecule has 0 aliphatic rings. The molecule has 0 saturated carbocycles. The van der Waals surface area contributed by atoms with Crippen LogP contribution in [0, 0.1) is 10.1 Å². The molecule has 116 valence electrons. The van der Waals surface area contributed by atoms with Crippen LogP contribution in [0.5, 0.6) is 5.75 Å². The number of carbonyl (C=O) groups excluding carboxylic acids is 1. The number of fused-ring (bicyclic) bond motifs is 3. The van der Waals surface area contributed by atoms with Crippen molar-refractivity contribution in [3.05, 3.63) is 58.6 Å². The largest absolute Gasteiger partial charge is 0.473 e. The van der Waals surface area contributed by atoms with Gasteiger partial charge in [-0.1, -0.05) is 42.5 Å². The number of hydrogen-bond acceptors (Lipinski definition) is 4. The van der Waals surface area contributed by atoms with E-state index < -0.39 is 10.5 Å². The number of aldehydes is 1. The topological polar surface area (TPSA) is 69.4 Å². The summed E-state index contributed by atoms with van der Waals surface area (Å²) >= 11 is 0. The first-order valence-corrected chi connectivity index (χ1v) is 7.18. The van der Waals surface area contributed by atoms with Gasteiger partial charge in [-0.15, -0.1) is 0 Å². The third-order valence-electron chi connectivity index (χ3n) is 3.69. The van der Waals surface area contributed by atoms with Crippen LogP contribution in [-0.4, -0.2) is 16.8 Å². The molecule has 0 aliphatic carbocycles. The highest BCUT2D eigenvalue weighted by molar-refractivity contribution is 6.15. The second-order valence-corrected chi connectivity index (χ2v) is 5.85. The zero-order valence-corrected chi connectivity index (χ0v) is 12.8. The molecular formula is C18H15NO4. The third-order valence-corrected chi connectivity index (χ3v) is 3.69. The lowest BCUT2D eigenvalue weighted by molar-refractivity contribution is -0.384. The first-order chi connectivity index (χ1) is 10.9. The maximum absolute atomic E-state index is 11.7. The minimum Gasteiger partial charge on any atom is -0.473 e. The summed E-state index contributed by atoms with van der Waals surface area (Å²) in [5.41, 5.74) is -1.27. The van der Waals surface area contributed by atoms with Gasteiger partial charge in [-0.3, -0.25) is 14.9 Å². The highest BCUT2D eigenvalue weighted by Crippen LogP contribution is 2.44. The monoisotopic (exact) mass is 309 g/mol. The Labute approximate surface area is 132 Å². The van der Waals surface area contributed by atoms with Crippen LogP contribution in [0.4, 0.5) is 5.69 Å². The Balaban J connectivity index is 2.49. The van der Waals surface area contributed by atoms with Gasteiger partial charge in [0.1, 0.15) is 0 Å². The van der Waals surface area contributed by atoms with Crippen LogP contribution in [0.25, 0.3) is 21.5 Å². The Morgan fingerprint density at radius 3 is 1.96 bits per heavy atom. The summed E-state index contributed by atoms with van der Waals surface area (Å²) in [5.74, 6) is 0.126. The molecule has 0 amide bonds. The lowest BCUT2D eigenvalue weighted by Gasteiger charge is -2.21. The summed E-state index contributed by atoms with van der Waals surface area (Å²) in [7, 11) is 0. The molecule has 0 fully saturated rings. The van der Waals surface area contributed by atoms with Crippen molar-refractivity contribution in [2.45, 2.75) is 19.4 Å². The van der Waals surface area contributed by atoms with Crippen molar-refractivity contribution in [2.24, 2.45) is 0 Å². The molecule has 0 saturated heterocycles. The van der Waals surface area contributed by atoms with E-state index in [0.29, 0.717) is 17.1 Å². The summed E-state index contributed by atoms with van der Waals surface area (Å²) < 4.78 is 5.76. The summed E-state index contributed by atoms with van der Waals surface area (Å²) in [4.78, 5) is 22.5. The van der Waals surface area contributed by atoms with Gasteiger partial charge in [0.2, 0.25) is 5.75 Å². The minimum absolute atomic E-state index is 0.116. The van der Waals surface area contributed by atoms with E-state index in [1.165, 1.54) is 0 Å². The number of ether oxygens (including phenoxy) is 1. The summed E-state index contributed by atoms with van der Waals surface area (Å²) in [5, 5.41) is 14.4. The average Bonchev–Trinajstić information content (AvgIpc) is 2.54. The molecule has 3 rings (SSSR count). The molecule has 0 spiro atoms. The van der Waals surface area contributed by atoms with Crippen molar-refractivity contribution in [1.82, 2.24) is 0 Å². The Morgan fingerprint density at radius 1 is 0.957 bits per heavy atom. The molecule has 0 aliphatic heterocycles. The second-order valence-electron chi connectivity index (χ2n) is 5.85. The van der Waals surface area contributed by atoms with Crippen LogP contribution in [0.1, 0.15) is 13.8 Å². The lowest BCUT2D eigenvalue weighted by Crippen LogP contribution is -2.30. The molecule has 0 radical (unpaired) electrons. The van der Waals surface area contributed by atoms with Crippen molar-refractivity contribution in [1.29, 1.82) is 0 Å². The Hall–Kier alpha value is -2.95. The van der Waals surface area contributed by atoms with Crippen LogP contribution in [0.15, 0.2) is 48.5 Å². The van der Waals surface area contributed by atoms with Gasteiger partial charge in [0.25, 0.3) is 0 Å². The molecule has 3 aromatic carbocycles. The average molecular weight is 309 g/mol. The smallest absolute Gasteiger partial charge is 0.319 e. The maximum atomic E-state index is 11.7. The second kappa shape index (κ2) is 5.35. The van der Waals surface area contributed by atoms with Crippen molar-refractivity contribution < 1.29 is 14.5 Å². The van der Waals surface area contributed by atoms with Gasteiger partial charge in [0.15, 0.2) is 11.9 Å². The molecule has 0 bridgehead atoms. The van der Waals surface area contributed by atoms with E-state index >= 15 is 0 Å². The number of rotatable bonds is 4. The normalized spacial score (nSPS) is 11.6. The Kier molecular flexibility index (Phi) is 3.48. The van der Waals surface area contributed by atoms with Crippen LogP contribution in [-0.2, 0) is 4.79 Å². The summed E-state index contributed by atoms with van der Waals surface area (Å²) in [6, 6.07) is 14.5. The zero-order chi connectivity index (χ0) is 16.6. The molecular weight excluding hydrogens is 294 g/mol. The number of hydrogen-bond donors (Lipinski definition) is 0. The maximum Gasteiger partial charge on any atom is 0.319 e. The number of nitrogens with zero attached hydrogens (tertiary/aromatic N) is 1. The van der Waals surface area contributed by atoms with Gasteiger partial charge in [0.05, 0.1) is 10.3 Å². The zero-order valence-electron chi connectivity index (χ0n) is 12.8. The minimum atomic E-state index is -1.16. The van der Waals surface area contributed by atoms with Gasteiger partial charge in [0, 0.05) is 5.39 Å². The standard InChI is InChI=1S/C18H15NO4/c1-18(2,11-20)23-17-15-10-6-4-8-13(15)12-7-3-5-9-14(12)16(17)19(21)22/h3-11H,1-2H3. The SMILES string of the molecule is CC(C)(C=O)Oc1c([N+](=O)[O-])c2ccccc2c2ccccc12. The molecule has 0 N–H and O–H groups in total. The van der Waals surface area contributed by atoms with Gasteiger partial charge < -0.3 is 4.74 Å². The third kappa shape index (κ3) is 2.50. The molecule has 0 heterocycles. The highest BCUT2D eigenvalue weighted by Gasteiger charge is 2.29. The predicted molar refractivity (Wildman–Crippen MR) is 88.9 cm³/mol. The quantitative estimate of drug-likeness (QED) is 0.312. The first kappa shape index (κ1) is 15.0. The van der Waals surface area contributed by atoms with Crippen molar-refractivity contribution >= 4 is 33.5 Å². The van der Waals surface area contributed by atoms with E-state index in [2.05, 4.69) is 0 Å². The van der Waals surface area contributed by atoms with Gasteiger partial charge in [-0.05, 0) is 30.7 Å². The van der Waals surface area contributed by atoms with Crippen molar-refractivity contribution in [3.8, 4) is 5.75 Å². The molecule has 0 aromatic heterocycles. The van der Waals surface area contributed by atoms with E-state index in [-0.39, 0.29) is 11.4 Å². The predicted octanol–water partition coefficient (Wildman–Crippen LogP) is 4.26. The van der Waals surface area contributed by atoms with Crippen LogP contribution < -0.4 is 4.74 Å². The van der Waals surface area contributed by atoms with E-state index in [9.17, 15) is 14.9 Å². The van der Waals surface area contributed by atoms with Crippen LogP contribution >= 0.6 is 0 Å². The summed E-state index contributed by atoms with van der Waals surface area (Å²) in [6.45, 7) is 3.15. The fourth-order valence-corrected chi connectivity index (χ4v) is 2.66. The van der Waals surface area contributed by atoms with Crippen LogP contribution in [0.2, 0.25) is 0 Å². The van der Waals surface area contributed by atoms with Gasteiger partial charge in [-0.25, -0.2) is 0 Å². The molecule has 5 heteroatoms. The molecule has 0 atom stereocenters. The lowest BCUT2D eigenvalue weighted by atomic mass is 9.99. The van der Waals surface area contributed by atoms with E-state index in [1.807, 2.05) is 24.3 Å². The highest BCUT2D eigenvalue weighted by atomic mass is 16.6. The van der Waals surface area contributed by atoms with E-state index in [4.69, 9.17) is 4.74 Å². The number of benzene rings is 3.